The molecule has 0 aliphatic heterocycles. The molecular formula is C14H21NO3. The summed E-state index contributed by atoms with van der Waals surface area (Å²) in [5.41, 5.74) is 0.519. The van der Waals surface area contributed by atoms with Crippen molar-refractivity contribution in [2.75, 3.05) is 7.11 Å². The van der Waals surface area contributed by atoms with Gasteiger partial charge in [0.25, 0.3) is 0 Å². The highest BCUT2D eigenvalue weighted by Gasteiger charge is 2.18. The Bertz CT molecular complexity index is 392. The third kappa shape index (κ3) is 4.65. The fraction of sp³-hybridized carbons (Fsp3) is 0.500. The summed E-state index contributed by atoms with van der Waals surface area (Å²) < 4.78 is 10.3. The third-order valence-corrected chi connectivity index (χ3v) is 2.35. The SMILES string of the molecule is COc1ccc([C@H](C)NC(=O)OC(C)(C)C)cc1. The molecule has 0 aliphatic rings. The van der Waals surface area contributed by atoms with Gasteiger partial charge < -0.3 is 14.8 Å². The highest BCUT2D eigenvalue weighted by molar-refractivity contribution is 5.68. The minimum atomic E-state index is -0.482. The first-order valence-electron chi connectivity index (χ1n) is 5.95. The number of rotatable bonds is 3. The van der Waals surface area contributed by atoms with Crippen LogP contribution in [0.4, 0.5) is 4.79 Å². The van der Waals surface area contributed by atoms with Crippen molar-refractivity contribution < 1.29 is 14.3 Å². The van der Waals surface area contributed by atoms with Gasteiger partial charge in [0, 0.05) is 0 Å². The third-order valence-electron chi connectivity index (χ3n) is 2.35. The summed E-state index contributed by atoms with van der Waals surface area (Å²) >= 11 is 0. The molecule has 0 saturated heterocycles. The first-order valence-corrected chi connectivity index (χ1v) is 5.95. The Kier molecular flexibility index (Phi) is 4.59. The second-order valence-electron chi connectivity index (χ2n) is 5.14. The summed E-state index contributed by atoms with van der Waals surface area (Å²) in [6.45, 7) is 7.42. The van der Waals surface area contributed by atoms with Crippen LogP contribution >= 0.6 is 0 Å². The monoisotopic (exact) mass is 251 g/mol. The standard InChI is InChI=1S/C14H21NO3/c1-10(15-13(16)18-14(2,3)4)11-6-8-12(17-5)9-7-11/h6-10H,1-5H3,(H,15,16)/t10-/m0/s1. The topological polar surface area (TPSA) is 47.6 Å². The molecule has 0 saturated carbocycles. The molecule has 4 nitrogen and oxygen atoms in total. The normalized spacial score (nSPS) is 12.7. The first-order chi connectivity index (χ1) is 8.31. The number of benzene rings is 1. The van der Waals surface area contributed by atoms with Gasteiger partial charge in [-0.05, 0) is 45.4 Å². The van der Waals surface area contributed by atoms with E-state index in [1.165, 1.54) is 0 Å². The maximum atomic E-state index is 11.6. The lowest BCUT2D eigenvalue weighted by molar-refractivity contribution is 0.0508. The molecule has 1 aromatic rings. The van der Waals surface area contributed by atoms with E-state index in [1.54, 1.807) is 7.11 Å². The molecule has 0 fully saturated rings. The Morgan fingerprint density at radius 3 is 2.22 bits per heavy atom. The van der Waals surface area contributed by atoms with Crippen LogP contribution in [0, 0.1) is 0 Å². The fourth-order valence-corrected chi connectivity index (χ4v) is 1.46. The highest BCUT2D eigenvalue weighted by Crippen LogP contribution is 2.17. The number of nitrogens with one attached hydrogen (secondary N) is 1. The molecule has 0 heterocycles. The lowest BCUT2D eigenvalue weighted by atomic mass is 10.1. The van der Waals surface area contributed by atoms with E-state index in [0.717, 1.165) is 11.3 Å². The molecule has 0 unspecified atom stereocenters. The average Bonchev–Trinajstić information content (AvgIpc) is 2.26. The molecule has 0 aromatic heterocycles. The summed E-state index contributed by atoms with van der Waals surface area (Å²) in [4.78, 5) is 11.6. The van der Waals surface area contributed by atoms with Crippen molar-refractivity contribution in [3.8, 4) is 5.75 Å². The number of alkyl carbamates (subject to hydrolysis) is 1. The lowest BCUT2D eigenvalue weighted by Gasteiger charge is -2.22. The second kappa shape index (κ2) is 5.76. The number of ether oxygens (including phenoxy) is 2. The van der Waals surface area contributed by atoms with Crippen molar-refractivity contribution in [3.63, 3.8) is 0 Å². The fourth-order valence-electron chi connectivity index (χ4n) is 1.46. The number of carbonyl (C=O) groups excluding carboxylic acids is 1. The van der Waals surface area contributed by atoms with Crippen LogP contribution in [-0.4, -0.2) is 18.8 Å². The minimum absolute atomic E-state index is 0.106. The van der Waals surface area contributed by atoms with Crippen LogP contribution in [0.1, 0.15) is 39.3 Å². The lowest BCUT2D eigenvalue weighted by Crippen LogP contribution is -2.34. The van der Waals surface area contributed by atoms with Gasteiger partial charge in [-0.15, -0.1) is 0 Å². The van der Waals surface area contributed by atoms with Gasteiger partial charge in [-0.3, -0.25) is 0 Å². The number of hydrogen-bond donors (Lipinski definition) is 1. The van der Waals surface area contributed by atoms with Crippen LogP contribution in [0.3, 0.4) is 0 Å². The molecule has 1 atom stereocenters. The van der Waals surface area contributed by atoms with E-state index in [9.17, 15) is 4.79 Å². The van der Waals surface area contributed by atoms with Gasteiger partial charge in [0.05, 0.1) is 13.2 Å². The van der Waals surface area contributed by atoms with E-state index in [-0.39, 0.29) is 6.04 Å². The van der Waals surface area contributed by atoms with Gasteiger partial charge in [-0.25, -0.2) is 4.79 Å². The first kappa shape index (κ1) is 14.4. The maximum absolute atomic E-state index is 11.6. The van der Waals surface area contributed by atoms with Gasteiger partial charge in [0.2, 0.25) is 0 Å². The van der Waals surface area contributed by atoms with Crippen molar-refractivity contribution in [2.45, 2.75) is 39.3 Å². The Balaban J connectivity index is 2.59. The molecule has 1 aromatic carbocycles. The van der Waals surface area contributed by atoms with Crippen molar-refractivity contribution in [3.05, 3.63) is 29.8 Å². The smallest absolute Gasteiger partial charge is 0.408 e. The van der Waals surface area contributed by atoms with Gasteiger partial charge in [-0.2, -0.15) is 0 Å². The number of amides is 1. The summed E-state index contributed by atoms with van der Waals surface area (Å²) in [6, 6.07) is 7.46. The number of hydrogen-bond acceptors (Lipinski definition) is 3. The Morgan fingerprint density at radius 1 is 1.22 bits per heavy atom. The van der Waals surface area contributed by atoms with Gasteiger partial charge in [0.1, 0.15) is 11.4 Å². The summed E-state index contributed by atoms with van der Waals surface area (Å²) in [5, 5.41) is 2.79. The van der Waals surface area contributed by atoms with Crippen molar-refractivity contribution in [1.82, 2.24) is 5.32 Å². The zero-order chi connectivity index (χ0) is 13.8. The molecule has 1 N–H and O–H groups in total. The van der Waals surface area contributed by atoms with Crippen LogP contribution in [0.25, 0.3) is 0 Å². The Hall–Kier alpha value is -1.71. The molecule has 0 radical (unpaired) electrons. The van der Waals surface area contributed by atoms with E-state index >= 15 is 0 Å². The number of carbonyl (C=O) groups is 1. The molecule has 0 aliphatic carbocycles. The minimum Gasteiger partial charge on any atom is -0.497 e. The molecule has 18 heavy (non-hydrogen) atoms. The molecule has 1 rings (SSSR count). The highest BCUT2D eigenvalue weighted by atomic mass is 16.6. The molecule has 4 heteroatoms. The van der Waals surface area contributed by atoms with Crippen molar-refractivity contribution in [1.29, 1.82) is 0 Å². The van der Waals surface area contributed by atoms with Crippen LogP contribution in [-0.2, 0) is 4.74 Å². The summed E-state index contributed by atoms with van der Waals surface area (Å²) in [6.07, 6.45) is -0.411. The molecule has 0 bridgehead atoms. The predicted octanol–water partition coefficient (Wildman–Crippen LogP) is 3.28. The van der Waals surface area contributed by atoms with Crippen LogP contribution in [0.15, 0.2) is 24.3 Å². The van der Waals surface area contributed by atoms with E-state index in [0.29, 0.717) is 0 Å². The Morgan fingerprint density at radius 2 is 1.78 bits per heavy atom. The van der Waals surface area contributed by atoms with Crippen molar-refractivity contribution in [2.24, 2.45) is 0 Å². The van der Waals surface area contributed by atoms with Crippen molar-refractivity contribution >= 4 is 6.09 Å². The second-order valence-corrected chi connectivity index (χ2v) is 5.14. The Labute approximate surface area is 108 Å². The zero-order valence-electron chi connectivity index (χ0n) is 11.6. The van der Waals surface area contributed by atoms with Crippen LogP contribution in [0.5, 0.6) is 5.75 Å². The van der Waals surface area contributed by atoms with E-state index in [1.807, 2.05) is 52.0 Å². The molecule has 0 spiro atoms. The maximum Gasteiger partial charge on any atom is 0.408 e. The van der Waals surface area contributed by atoms with Gasteiger partial charge in [-0.1, -0.05) is 12.1 Å². The number of methoxy groups -OCH3 is 1. The van der Waals surface area contributed by atoms with Gasteiger partial charge >= 0.3 is 6.09 Å². The predicted molar refractivity (Wildman–Crippen MR) is 70.8 cm³/mol. The van der Waals surface area contributed by atoms with E-state index in [2.05, 4.69) is 5.32 Å². The van der Waals surface area contributed by atoms with E-state index in [4.69, 9.17) is 9.47 Å². The van der Waals surface area contributed by atoms with E-state index < -0.39 is 11.7 Å². The summed E-state index contributed by atoms with van der Waals surface area (Å²) in [5.74, 6) is 0.795. The quantitative estimate of drug-likeness (QED) is 0.896. The molecule has 100 valence electrons. The molecule has 1 amide bonds. The van der Waals surface area contributed by atoms with Gasteiger partial charge in [0.15, 0.2) is 0 Å². The average molecular weight is 251 g/mol. The zero-order valence-corrected chi connectivity index (χ0v) is 11.6. The largest absolute Gasteiger partial charge is 0.497 e. The summed E-state index contributed by atoms with van der Waals surface area (Å²) in [7, 11) is 1.62. The molecular weight excluding hydrogens is 230 g/mol. The van der Waals surface area contributed by atoms with Crippen LogP contribution < -0.4 is 10.1 Å². The van der Waals surface area contributed by atoms with Crippen LogP contribution in [0.2, 0.25) is 0 Å².